The number of ether oxygens (including phenoxy) is 1. The summed E-state index contributed by atoms with van der Waals surface area (Å²) in [6, 6.07) is 1.07. The van der Waals surface area contributed by atoms with Crippen LogP contribution in [0.2, 0.25) is 0 Å². The fourth-order valence-electron chi connectivity index (χ4n) is 1.70. The molecule has 0 aliphatic carbocycles. The smallest absolute Gasteiger partial charge is 0.407 e. The monoisotopic (exact) mass is 361 g/mol. The van der Waals surface area contributed by atoms with Crippen LogP contribution in [0, 0.1) is 0 Å². The maximum Gasteiger partial charge on any atom is 0.407 e. The largest absolute Gasteiger partial charge is 0.477 e. The Morgan fingerprint density at radius 2 is 2.05 bits per heavy atom. The fraction of sp³-hybridized carbons (Fsp3) is 0.538. The van der Waals surface area contributed by atoms with E-state index in [1.54, 1.807) is 40.0 Å². The average Bonchev–Trinajstić information content (AvgIpc) is 2.67. The number of rotatable bonds is 4. The van der Waals surface area contributed by atoms with Gasteiger partial charge in [-0.3, -0.25) is 0 Å². The lowest BCUT2D eigenvalue weighted by Gasteiger charge is -2.26. The first-order chi connectivity index (χ1) is 9.53. The van der Waals surface area contributed by atoms with Crippen molar-refractivity contribution in [2.45, 2.75) is 45.5 Å². The molecule has 0 radical (unpaired) electrons. The number of halogens is 1. The first kappa shape index (κ1) is 17.5. The topological polar surface area (TPSA) is 107 Å². The van der Waals surface area contributed by atoms with Crippen molar-refractivity contribution in [3.63, 3.8) is 0 Å². The lowest BCUT2D eigenvalue weighted by molar-refractivity contribution is 0.0493. The summed E-state index contributed by atoms with van der Waals surface area (Å²) in [5.74, 6) is -1.10. The molecule has 1 aromatic rings. The molecule has 0 saturated carbocycles. The van der Waals surface area contributed by atoms with Gasteiger partial charge in [-0.05, 0) is 49.7 Å². The zero-order chi connectivity index (χ0) is 16.4. The quantitative estimate of drug-likeness (QED) is 0.762. The SMILES string of the molecule is CC(NC(=O)OC(C)(C)C)C(N)n1ccc(Br)c1C(=O)O. The van der Waals surface area contributed by atoms with E-state index in [1.807, 2.05) is 0 Å². The Bertz CT molecular complexity index is 536. The number of hydrogen-bond donors (Lipinski definition) is 3. The van der Waals surface area contributed by atoms with E-state index in [9.17, 15) is 14.7 Å². The van der Waals surface area contributed by atoms with Crippen molar-refractivity contribution in [3.8, 4) is 0 Å². The highest BCUT2D eigenvalue weighted by molar-refractivity contribution is 9.10. The van der Waals surface area contributed by atoms with Crippen molar-refractivity contribution in [3.05, 3.63) is 22.4 Å². The predicted molar refractivity (Wildman–Crippen MR) is 81.1 cm³/mol. The minimum Gasteiger partial charge on any atom is -0.477 e. The second-order valence-corrected chi connectivity index (χ2v) is 6.50. The van der Waals surface area contributed by atoms with E-state index in [0.717, 1.165) is 0 Å². The molecule has 4 N–H and O–H groups in total. The first-order valence-electron chi connectivity index (χ1n) is 6.37. The Balaban J connectivity index is 2.82. The maximum absolute atomic E-state index is 11.7. The van der Waals surface area contributed by atoms with Gasteiger partial charge in [0.25, 0.3) is 0 Å². The molecule has 8 heteroatoms. The van der Waals surface area contributed by atoms with Crippen LogP contribution in [0.1, 0.15) is 44.3 Å². The number of amides is 1. The van der Waals surface area contributed by atoms with E-state index in [-0.39, 0.29) is 5.69 Å². The van der Waals surface area contributed by atoms with E-state index in [1.165, 1.54) is 4.57 Å². The second kappa shape index (κ2) is 6.48. The van der Waals surface area contributed by atoms with E-state index in [4.69, 9.17) is 10.5 Å². The zero-order valence-electron chi connectivity index (χ0n) is 12.4. The molecule has 21 heavy (non-hydrogen) atoms. The van der Waals surface area contributed by atoms with Crippen LogP contribution in [0.5, 0.6) is 0 Å². The van der Waals surface area contributed by atoms with E-state index >= 15 is 0 Å². The molecule has 0 saturated heterocycles. The van der Waals surface area contributed by atoms with E-state index in [2.05, 4.69) is 21.2 Å². The summed E-state index contributed by atoms with van der Waals surface area (Å²) in [5, 5.41) is 11.8. The zero-order valence-corrected chi connectivity index (χ0v) is 14.0. The Morgan fingerprint density at radius 3 is 2.52 bits per heavy atom. The van der Waals surface area contributed by atoms with Gasteiger partial charge in [0.05, 0.1) is 10.5 Å². The van der Waals surface area contributed by atoms with E-state index in [0.29, 0.717) is 4.47 Å². The highest BCUT2D eigenvalue weighted by atomic mass is 79.9. The molecule has 1 aromatic heterocycles. The van der Waals surface area contributed by atoms with Crippen LogP contribution in [-0.2, 0) is 4.74 Å². The van der Waals surface area contributed by atoms with Crippen molar-refractivity contribution in [2.75, 3.05) is 0 Å². The minimum atomic E-state index is -1.10. The average molecular weight is 362 g/mol. The highest BCUT2D eigenvalue weighted by Crippen LogP contribution is 2.21. The molecular weight excluding hydrogens is 342 g/mol. The highest BCUT2D eigenvalue weighted by Gasteiger charge is 2.25. The van der Waals surface area contributed by atoms with Crippen LogP contribution < -0.4 is 11.1 Å². The van der Waals surface area contributed by atoms with Gasteiger partial charge in [0.15, 0.2) is 0 Å². The lowest BCUT2D eigenvalue weighted by atomic mass is 10.2. The third-order valence-corrected chi connectivity index (χ3v) is 3.29. The maximum atomic E-state index is 11.7. The first-order valence-corrected chi connectivity index (χ1v) is 7.17. The molecule has 0 spiro atoms. The summed E-state index contributed by atoms with van der Waals surface area (Å²) in [6.07, 6.45) is 0.203. The molecule has 118 valence electrons. The van der Waals surface area contributed by atoms with E-state index < -0.39 is 29.9 Å². The number of carboxylic acids is 1. The van der Waals surface area contributed by atoms with Crippen LogP contribution in [0.15, 0.2) is 16.7 Å². The molecule has 2 unspecified atom stereocenters. The van der Waals surface area contributed by atoms with Crippen molar-refractivity contribution in [1.82, 2.24) is 9.88 Å². The summed E-state index contributed by atoms with van der Waals surface area (Å²) in [5.41, 5.74) is 5.42. The summed E-state index contributed by atoms with van der Waals surface area (Å²) in [4.78, 5) is 22.9. The van der Waals surface area contributed by atoms with Crippen molar-refractivity contribution in [2.24, 2.45) is 5.73 Å². The molecule has 7 nitrogen and oxygen atoms in total. The fourth-order valence-corrected chi connectivity index (χ4v) is 2.20. The Labute approximate surface area is 131 Å². The van der Waals surface area contributed by atoms with Crippen LogP contribution >= 0.6 is 15.9 Å². The molecule has 0 fully saturated rings. The number of carbonyl (C=O) groups is 2. The van der Waals surface area contributed by atoms with Gasteiger partial charge in [0.1, 0.15) is 17.5 Å². The number of nitrogens with one attached hydrogen (secondary N) is 1. The Hall–Kier alpha value is -1.54. The molecule has 1 rings (SSSR count). The number of aromatic nitrogens is 1. The summed E-state index contributed by atoms with van der Waals surface area (Å²) < 4.78 is 6.95. The molecule has 2 atom stereocenters. The van der Waals surface area contributed by atoms with Crippen LogP contribution in [0.3, 0.4) is 0 Å². The van der Waals surface area contributed by atoms with Crippen molar-refractivity contribution >= 4 is 28.0 Å². The predicted octanol–water partition coefficient (Wildman–Crippen LogP) is 2.32. The third-order valence-electron chi connectivity index (χ3n) is 2.65. The number of aromatic carboxylic acids is 1. The summed E-state index contributed by atoms with van der Waals surface area (Å²) >= 11 is 3.16. The van der Waals surface area contributed by atoms with Gasteiger partial charge in [-0.15, -0.1) is 0 Å². The molecule has 0 aliphatic rings. The number of nitrogens with two attached hydrogens (primary N) is 1. The normalized spacial score (nSPS) is 14.4. The van der Waals surface area contributed by atoms with Crippen LogP contribution in [0.4, 0.5) is 4.79 Å². The van der Waals surface area contributed by atoms with Crippen LogP contribution in [-0.4, -0.2) is 33.4 Å². The lowest BCUT2D eigenvalue weighted by Crippen LogP contribution is -2.45. The summed E-state index contributed by atoms with van der Waals surface area (Å²) in [7, 11) is 0. The van der Waals surface area contributed by atoms with Gasteiger partial charge in [0.2, 0.25) is 0 Å². The van der Waals surface area contributed by atoms with Gasteiger partial charge >= 0.3 is 12.1 Å². The molecule has 1 heterocycles. The number of hydrogen-bond acceptors (Lipinski definition) is 4. The number of nitrogens with zero attached hydrogens (tertiary/aromatic N) is 1. The van der Waals surface area contributed by atoms with Gasteiger partial charge < -0.3 is 25.5 Å². The molecule has 0 aromatic carbocycles. The number of carboxylic acid groups (broad SMARTS) is 1. The molecular formula is C13H20BrN3O4. The van der Waals surface area contributed by atoms with Gasteiger partial charge in [0, 0.05) is 6.20 Å². The molecule has 1 amide bonds. The Morgan fingerprint density at radius 1 is 1.48 bits per heavy atom. The van der Waals surface area contributed by atoms with Crippen molar-refractivity contribution < 1.29 is 19.4 Å². The van der Waals surface area contributed by atoms with Gasteiger partial charge in [-0.2, -0.15) is 0 Å². The Kier molecular flexibility index (Phi) is 5.41. The molecule has 0 bridgehead atoms. The summed E-state index contributed by atoms with van der Waals surface area (Å²) in [6.45, 7) is 6.93. The standard InChI is InChI=1S/C13H20BrN3O4/c1-7(16-12(20)21-13(2,3)4)10(15)17-6-5-8(14)9(17)11(18)19/h5-7,10H,15H2,1-4H3,(H,16,20)(H,18,19). The van der Waals surface area contributed by atoms with Crippen molar-refractivity contribution in [1.29, 1.82) is 0 Å². The molecule has 0 aliphatic heterocycles. The minimum absolute atomic E-state index is 0.0281. The van der Waals surface area contributed by atoms with Gasteiger partial charge in [-0.25, -0.2) is 9.59 Å². The number of carbonyl (C=O) groups excluding carboxylic acids is 1. The van der Waals surface area contributed by atoms with Gasteiger partial charge in [-0.1, -0.05) is 0 Å². The number of alkyl carbamates (subject to hydrolysis) is 1. The third kappa shape index (κ3) is 4.75. The van der Waals surface area contributed by atoms with Crippen LogP contribution in [0.25, 0.3) is 0 Å². The second-order valence-electron chi connectivity index (χ2n) is 5.65.